The van der Waals surface area contributed by atoms with Gasteiger partial charge in [0.2, 0.25) is 0 Å². The minimum atomic E-state index is -3.15. The molecule has 0 aromatic carbocycles. The van der Waals surface area contributed by atoms with Gasteiger partial charge >= 0.3 is 0 Å². The Balaban J connectivity index is 2.40. The maximum Gasteiger partial charge on any atom is 0.171 e. The zero-order valence-electron chi connectivity index (χ0n) is 10.5. The second-order valence-corrected chi connectivity index (χ2v) is 8.75. The molecule has 2 N–H and O–H groups in total. The molecule has 0 bridgehead atoms. The molecule has 19 heavy (non-hydrogen) atoms. The number of halogens is 1. The van der Waals surface area contributed by atoms with E-state index in [4.69, 9.17) is 5.73 Å². The van der Waals surface area contributed by atoms with Gasteiger partial charge in [0.15, 0.2) is 15.7 Å². The summed E-state index contributed by atoms with van der Waals surface area (Å²) in [5.41, 5.74) is 6.46. The van der Waals surface area contributed by atoms with Crippen LogP contribution in [0.2, 0.25) is 0 Å². The summed E-state index contributed by atoms with van der Waals surface area (Å²) >= 11 is 4.96. The van der Waals surface area contributed by atoms with Crippen molar-refractivity contribution in [3.05, 3.63) is 16.7 Å². The minimum absolute atomic E-state index is 0.130. The largest absolute Gasteiger partial charge is 0.396 e. The third kappa shape index (κ3) is 3.17. The highest BCUT2D eigenvalue weighted by Crippen LogP contribution is 2.30. The number of nitrogen functional groups attached to an aromatic ring is 1. The predicted molar refractivity (Wildman–Crippen MR) is 84.3 cm³/mol. The second kappa shape index (κ2) is 5.88. The van der Waals surface area contributed by atoms with E-state index in [1.807, 2.05) is 4.90 Å². The summed E-state index contributed by atoms with van der Waals surface area (Å²) in [5.74, 6) is 2.14. The van der Waals surface area contributed by atoms with Crippen LogP contribution in [0.25, 0.3) is 0 Å². The maximum atomic E-state index is 12.2. The van der Waals surface area contributed by atoms with Gasteiger partial charge in [-0.15, -0.1) is 0 Å². The number of aromatic nitrogens is 1. The van der Waals surface area contributed by atoms with E-state index in [1.165, 1.54) is 0 Å². The zero-order chi connectivity index (χ0) is 14.0. The summed E-state index contributed by atoms with van der Waals surface area (Å²) in [7, 11) is -3.15. The van der Waals surface area contributed by atoms with Crippen molar-refractivity contribution < 1.29 is 8.42 Å². The van der Waals surface area contributed by atoms with Crippen LogP contribution in [0.5, 0.6) is 0 Å². The standard InChI is InChI=1S/C11H16BrN3O2S2/c1-2-19(16,17)10-7-18-4-3-15(10)11-9(13)5-8(12)6-14-11/h5-6,10H,2-4,7,13H2,1H3. The van der Waals surface area contributed by atoms with Crippen molar-refractivity contribution in [3.63, 3.8) is 0 Å². The monoisotopic (exact) mass is 365 g/mol. The number of nitrogens with zero attached hydrogens (tertiary/aromatic N) is 2. The molecular weight excluding hydrogens is 350 g/mol. The van der Waals surface area contributed by atoms with Crippen LogP contribution in [-0.2, 0) is 9.84 Å². The summed E-state index contributed by atoms with van der Waals surface area (Å²) < 4.78 is 25.2. The lowest BCUT2D eigenvalue weighted by Gasteiger charge is -2.36. The first-order valence-electron chi connectivity index (χ1n) is 5.92. The van der Waals surface area contributed by atoms with Crippen molar-refractivity contribution in [1.82, 2.24) is 4.98 Å². The third-order valence-corrected chi connectivity index (χ3v) is 6.76. The lowest BCUT2D eigenvalue weighted by molar-refractivity contribution is 0.579. The number of thioether (sulfide) groups is 1. The normalized spacial score (nSPS) is 20.5. The molecular formula is C11H16BrN3O2S2. The van der Waals surface area contributed by atoms with Crippen molar-refractivity contribution in [2.45, 2.75) is 12.3 Å². The van der Waals surface area contributed by atoms with E-state index in [9.17, 15) is 8.42 Å². The quantitative estimate of drug-likeness (QED) is 0.878. The Morgan fingerprint density at radius 2 is 2.37 bits per heavy atom. The molecule has 1 atom stereocenters. The average Bonchev–Trinajstić information content (AvgIpc) is 2.39. The second-order valence-electron chi connectivity index (χ2n) is 4.24. The first-order valence-corrected chi connectivity index (χ1v) is 9.59. The fraction of sp³-hybridized carbons (Fsp3) is 0.545. The Kier molecular flexibility index (Phi) is 4.62. The minimum Gasteiger partial charge on any atom is -0.396 e. The maximum absolute atomic E-state index is 12.2. The number of hydrogen-bond donors (Lipinski definition) is 1. The van der Waals surface area contributed by atoms with Gasteiger partial charge in [0.1, 0.15) is 5.37 Å². The van der Waals surface area contributed by atoms with E-state index >= 15 is 0 Å². The molecule has 1 saturated heterocycles. The molecule has 2 rings (SSSR count). The topological polar surface area (TPSA) is 76.3 Å². The Hall–Kier alpha value is -0.470. The number of hydrogen-bond acceptors (Lipinski definition) is 6. The number of nitrogens with two attached hydrogens (primary N) is 1. The van der Waals surface area contributed by atoms with Crippen molar-refractivity contribution in [2.24, 2.45) is 0 Å². The van der Waals surface area contributed by atoms with Gasteiger partial charge in [-0.2, -0.15) is 11.8 Å². The lowest BCUT2D eigenvalue weighted by Crippen LogP contribution is -2.48. The summed E-state index contributed by atoms with van der Waals surface area (Å²) in [4.78, 5) is 6.10. The smallest absolute Gasteiger partial charge is 0.171 e. The van der Waals surface area contributed by atoms with Gasteiger partial charge in [-0.05, 0) is 22.0 Å². The van der Waals surface area contributed by atoms with Crippen LogP contribution in [0.3, 0.4) is 0 Å². The fourth-order valence-electron chi connectivity index (χ4n) is 2.00. The molecule has 8 heteroatoms. The molecule has 1 aromatic rings. The highest BCUT2D eigenvalue weighted by Gasteiger charge is 2.34. The summed E-state index contributed by atoms with van der Waals surface area (Å²) in [6.45, 7) is 2.32. The number of rotatable bonds is 3. The average molecular weight is 366 g/mol. The van der Waals surface area contributed by atoms with Crippen molar-refractivity contribution in [3.8, 4) is 0 Å². The van der Waals surface area contributed by atoms with Crippen molar-refractivity contribution in [2.75, 3.05) is 34.4 Å². The van der Waals surface area contributed by atoms with Crippen LogP contribution >= 0.6 is 27.7 Å². The van der Waals surface area contributed by atoms with Crippen molar-refractivity contribution >= 4 is 49.0 Å². The van der Waals surface area contributed by atoms with Gasteiger partial charge in [-0.25, -0.2) is 13.4 Å². The summed E-state index contributed by atoms with van der Waals surface area (Å²) in [5, 5.41) is -0.535. The van der Waals surface area contributed by atoms with Gasteiger partial charge < -0.3 is 10.6 Å². The zero-order valence-corrected chi connectivity index (χ0v) is 13.8. The van der Waals surface area contributed by atoms with Gasteiger partial charge in [0.25, 0.3) is 0 Å². The molecule has 0 saturated carbocycles. The summed E-state index contributed by atoms with van der Waals surface area (Å²) in [6, 6.07) is 1.75. The van der Waals surface area contributed by atoms with Crippen LogP contribution in [-0.4, -0.2) is 42.6 Å². The van der Waals surface area contributed by atoms with Crippen LogP contribution in [0.1, 0.15) is 6.92 Å². The summed E-state index contributed by atoms with van der Waals surface area (Å²) in [6.07, 6.45) is 1.64. The van der Waals surface area contributed by atoms with Gasteiger partial charge in [-0.1, -0.05) is 6.92 Å². The van der Waals surface area contributed by atoms with Gasteiger partial charge in [0, 0.05) is 34.5 Å². The molecule has 0 amide bonds. The lowest BCUT2D eigenvalue weighted by atomic mass is 10.3. The Bertz CT molecular complexity index is 565. The first kappa shape index (κ1) is 14.9. The van der Waals surface area contributed by atoms with Gasteiger partial charge in [-0.3, -0.25) is 0 Å². The van der Waals surface area contributed by atoms with E-state index < -0.39 is 15.2 Å². The predicted octanol–water partition coefficient (Wildman–Crippen LogP) is 1.74. The molecule has 0 spiro atoms. The molecule has 1 aromatic heterocycles. The van der Waals surface area contributed by atoms with Crippen LogP contribution in [0.4, 0.5) is 11.5 Å². The number of anilines is 2. The fourth-order valence-corrected chi connectivity index (χ4v) is 5.32. The molecule has 0 radical (unpaired) electrons. The van der Waals surface area contributed by atoms with E-state index in [1.54, 1.807) is 30.9 Å². The molecule has 1 fully saturated rings. The highest BCUT2D eigenvalue weighted by molar-refractivity contribution is 9.10. The molecule has 106 valence electrons. The molecule has 0 aliphatic carbocycles. The van der Waals surface area contributed by atoms with E-state index in [2.05, 4.69) is 20.9 Å². The molecule has 5 nitrogen and oxygen atoms in total. The first-order chi connectivity index (χ1) is 8.95. The third-order valence-electron chi connectivity index (χ3n) is 3.04. The molecule has 2 heterocycles. The molecule has 1 unspecified atom stereocenters. The number of sulfone groups is 1. The van der Waals surface area contributed by atoms with E-state index in [0.717, 1.165) is 10.2 Å². The Morgan fingerprint density at radius 3 is 3.00 bits per heavy atom. The Labute approximate surface area is 126 Å². The van der Waals surface area contributed by atoms with E-state index in [-0.39, 0.29) is 5.75 Å². The van der Waals surface area contributed by atoms with Crippen LogP contribution < -0.4 is 10.6 Å². The molecule has 1 aliphatic heterocycles. The van der Waals surface area contributed by atoms with Crippen LogP contribution in [0, 0.1) is 0 Å². The van der Waals surface area contributed by atoms with Gasteiger partial charge in [0.05, 0.1) is 5.69 Å². The Morgan fingerprint density at radius 1 is 1.63 bits per heavy atom. The van der Waals surface area contributed by atoms with Crippen LogP contribution in [0.15, 0.2) is 16.7 Å². The number of pyridine rings is 1. The highest BCUT2D eigenvalue weighted by atomic mass is 79.9. The van der Waals surface area contributed by atoms with E-state index in [0.29, 0.717) is 23.8 Å². The molecule has 1 aliphatic rings. The van der Waals surface area contributed by atoms with Crippen molar-refractivity contribution in [1.29, 1.82) is 0 Å². The SMILES string of the molecule is CCS(=O)(=O)C1CSCCN1c1ncc(Br)cc1N.